The van der Waals surface area contributed by atoms with Gasteiger partial charge in [-0.25, -0.2) is 0 Å². The summed E-state index contributed by atoms with van der Waals surface area (Å²) >= 11 is 1.84. The van der Waals surface area contributed by atoms with Crippen molar-refractivity contribution in [2.75, 3.05) is 6.26 Å². The first-order chi connectivity index (χ1) is 4.92. The molecule has 2 heteroatoms. The molecule has 0 radical (unpaired) electrons. The van der Waals surface area contributed by atoms with Crippen LogP contribution in [-0.4, -0.2) is 10.8 Å². The van der Waals surface area contributed by atoms with E-state index in [1.165, 1.54) is 30.1 Å². The molecule has 2 heterocycles. The topological polar surface area (TPSA) is 4.93 Å². The van der Waals surface area contributed by atoms with Gasteiger partial charge in [-0.3, -0.25) is 0 Å². The summed E-state index contributed by atoms with van der Waals surface area (Å²) < 4.78 is 2.42. The molecule has 0 unspecified atom stereocenters. The highest BCUT2D eigenvalue weighted by atomic mass is 32.2. The predicted octanol–water partition coefficient (Wildman–Crippen LogP) is 2.16. The first-order valence-electron chi connectivity index (χ1n) is 3.64. The normalized spacial score (nSPS) is 15.7. The van der Waals surface area contributed by atoms with Crippen molar-refractivity contribution in [2.24, 2.45) is 0 Å². The van der Waals surface area contributed by atoms with Crippen LogP contribution in [-0.2, 0) is 13.0 Å². The Bertz CT molecular complexity index is 239. The van der Waals surface area contributed by atoms with Gasteiger partial charge in [0, 0.05) is 12.2 Å². The van der Waals surface area contributed by atoms with Gasteiger partial charge in [-0.1, -0.05) is 0 Å². The number of aromatic nitrogens is 1. The molecule has 1 aliphatic heterocycles. The summed E-state index contributed by atoms with van der Waals surface area (Å²) in [7, 11) is 0. The number of fused-ring (bicyclic) bond motifs is 1. The minimum Gasteiger partial charge on any atom is -0.340 e. The zero-order valence-electron chi connectivity index (χ0n) is 6.13. The van der Waals surface area contributed by atoms with Crippen molar-refractivity contribution in [3.8, 4) is 0 Å². The molecule has 1 nitrogen and oxygen atoms in total. The molecule has 1 aromatic rings. The van der Waals surface area contributed by atoms with Crippen molar-refractivity contribution in [1.82, 2.24) is 4.57 Å². The van der Waals surface area contributed by atoms with E-state index in [0.29, 0.717) is 0 Å². The summed E-state index contributed by atoms with van der Waals surface area (Å²) in [4.78, 5) is 0. The van der Waals surface area contributed by atoms with Crippen LogP contribution in [0.1, 0.15) is 12.1 Å². The van der Waals surface area contributed by atoms with Gasteiger partial charge < -0.3 is 4.57 Å². The predicted molar refractivity (Wildman–Crippen MR) is 44.5 cm³/mol. The molecule has 0 amide bonds. The van der Waals surface area contributed by atoms with E-state index in [4.69, 9.17) is 0 Å². The molecule has 0 aromatic carbocycles. The molecule has 0 spiro atoms. The van der Waals surface area contributed by atoms with Gasteiger partial charge in [0.2, 0.25) is 0 Å². The molecule has 1 aliphatic rings. The van der Waals surface area contributed by atoms with Crippen molar-refractivity contribution >= 4 is 11.8 Å². The van der Waals surface area contributed by atoms with E-state index < -0.39 is 0 Å². The molecule has 54 valence electrons. The number of hydrogen-bond donors (Lipinski definition) is 0. The average molecular weight is 153 g/mol. The Labute approximate surface area is 65.4 Å². The summed E-state index contributed by atoms with van der Waals surface area (Å²) in [5, 5.41) is 1.42. The quantitative estimate of drug-likeness (QED) is 0.560. The lowest BCUT2D eigenvalue weighted by atomic mass is 10.3. The molecular formula is C8H11NS. The highest BCUT2D eigenvalue weighted by Crippen LogP contribution is 2.24. The summed E-state index contributed by atoms with van der Waals surface area (Å²) in [6.45, 7) is 1.23. The highest BCUT2D eigenvalue weighted by Gasteiger charge is 2.12. The van der Waals surface area contributed by atoms with Gasteiger partial charge >= 0.3 is 0 Å². The van der Waals surface area contributed by atoms with Crippen molar-refractivity contribution < 1.29 is 0 Å². The molecule has 0 N–H and O–H groups in total. The Morgan fingerprint density at radius 2 is 2.40 bits per heavy atom. The van der Waals surface area contributed by atoms with Crippen LogP contribution in [0.4, 0.5) is 0 Å². The SMILES string of the molecule is CSc1ccc2n1CCC2. The van der Waals surface area contributed by atoms with Crippen LogP contribution in [0.15, 0.2) is 17.2 Å². The van der Waals surface area contributed by atoms with Gasteiger partial charge in [0.1, 0.15) is 0 Å². The Hall–Kier alpha value is -0.370. The van der Waals surface area contributed by atoms with E-state index in [1.807, 2.05) is 11.8 Å². The number of hydrogen-bond acceptors (Lipinski definition) is 1. The highest BCUT2D eigenvalue weighted by molar-refractivity contribution is 7.98. The lowest BCUT2D eigenvalue weighted by Crippen LogP contribution is -1.92. The number of rotatable bonds is 1. The Balaban J connectivity index is 2.44. The lowest BCUT2D eigenvalue weighted by Gasteiger charge is -2.00. The van der Waals surface area contributed by atoms with Crippen molar-refractivity contribution in [3.63, 3.8) is 0 Å². The molecule has 10 heavy (non-hydrogen) atoms. The molecule has 1 aromatic heterocycles. The Morgan fingerprint density at radius 1 is 1.50 bits per heavy atom. The second kappa shape index (κ2) is 2.35. The van der Waals surface area contributed by atoms with E-state index in [1.54, 1.807) is 0 Å². The second-order valence-corrected chi connectivity index (χ2v) is 3.45. The molecule has 0 aliphatic carbocycles. The number of aryl methyl sites for hydroxylation is 1. The second-order valence-electron chi connectivity index (χ2n) is 2.62. The van der Waals surface area contributed by atoms with Crippen LogP contribution in [0.5, 0.6) is 0 Å². The maximum Gasteiger partial charge on any atom is 0.0747 e. The minimum atomic E-state index is 1.23. The lowest BCUT2D eigenvalue weighted by molar-refractivity contribution is 0.696. The Morgan fingerprint density at radius 3 is 3.20 bits per heavy atom. The molecule has 2 rings (SSSR count). The molecule has 0 atom stereocenters. The smallest absolute Gasteiger partial charge is 0.0747 e. The number of thioether (sulfide) groups is 1. The van der Waals surface area contributed by atoms with E-state index in [0.717, 1.165) is 0 Å². The van der Waals surface area contributed by atoms with Gasteiger partial charge in [-0.15, -0.1) is 11.8 Å². The van der Waals surface area contributed by atoms with Crippen LogP contribution >= 0.6 is 11.8 Å². The van der Waals surface area contributed by atoms with Crippen molar-refractivity contribution in [3.05, 3.63) is 17.8 Å². The monoisotopic (exact) mass is 153 g/mol. The van der Waals surface area contributed by atoms with Gasteiger partial charge in [0.05, 0.1) is 5.03 Å². The summed E-state index contributed by atoms with van der Waals surface area (Å²) in [6, 6.07) is 4.47. The minimum absolute atomic E-state index is 1.23. The zero-order chi connectivity index (χ0) is 6.97. The van der Waals surface area contributed by atoms with Crippen molar-refractivity contribution in [1.29, 1.82) is 0 Å². The zero-order valence-corrected chi connectivity index (χ0v) is 6.95. The van der Waals surface area contributed by atoms with Gasteiger partial charge in [0.15, 0.2) is 0 Å². The number of nitrogens with zero attached hydrogens (tertiary/aromatic N) is 1. The molecule has 0 bridgehead atoms. The molecule has 0 saturated carbocycles. The fourth-order valence-electron chi connectivity index (χ4n) is 1.56. The summed E-state index contributed by atoms with van der Waals surface area (Å²) in [5.41, 5.74) is 1.52. The van der Waals surface area contributed by atoms with Crippen LogP contribution in [0.25, 0.3) is 0 Å². The first kappa shape index (κ1) is 6.35. The fraction of sp³-hybridized carbons (Fsp3) is 0.500. The van der Waals surface area contributed by atoms with E-state index in [9.17, 15) is 0 Å². The van der Waals surface area contributed by atoms with E-state index >= 15 is 0 Å². The van der Waals surface area contributed by atoms with Crippen LogP contribution < -0.4 is 0 Å². The third-order valence-corrected chi connectivity index (χ3v) is 2.83. The third-order valence-electron chi connectivity index (χ3n) is 2.05. The largest absolute Gasteiger partial charge is 0.340 e. The maximum atomic E-state index is 2.42. The van der Waals surface area contributed by atoms with Crippen LogP contribution in [0, 0.1) is 0 Å². The molecule has 0 saturated heterocycles. The molecular weight excluding hydrogens is 142 g/mol. The fourth-order valence-corrected chi connectivity index (χ4v) is 2.19. The maximum absolute atomic E-state index is 2.42. The van der Waals surface area contributed by atoms with Gasteiger partial charge in [-0.2, -0.15) is 0 Å². The first-order valence-corrected chi connectivity index (χ1v) is 4.86. The summed E-state index contributed by atoms with van der Waals surface area (Å²) in [6.07, 6.45) is 4.76. The Kier molecular flexibility index (Phi) is 1.49. The molecule has 0 fully saturated rings. The van der Waals surface area contributed by atoms with Crippen LogP contribution in [0.2, 0.25) is 0 Å². The summed E-state index contributed by atoms with van der Waals surface area (Å²) in [5.74, 6) is 0. The standard InChI is InChI=1S/C8H11NS/c1-10-8-5-4-7-3-2-6-9(7)8/h4-5H,2-3,6H2,1H3. The van der Waals surface area contributed by atoms with Gasteiger partial charge in [-0.05, 0) is 31.2 Å². The van der Waals surface area contributed by atoms with E-state index in [-0.39, 0.29) is 0 Å². The van der Waals surface area contributed by atoms with E-state index in [2.05, 4.69) is 23.0 Å². The third kappa shape index (κ3) is 0.788. The van der Waals surface area contributed by atoms with Crippen LogP contribution in [0.3, 0.4) is 0 Å². The van der Waals surface area contributed by atoms with Crippen molar-refractivity contribution in [2.45, 2.75) is 24.4 Å². The van der Waals surface area contributed by atoms with Gasteiger partial charge in [0.25, 0.3) is 0 Å². The average Bonchev–Trinajstić information content (AvgIpc) is 2.44.